The Balaban J connectivity index is 1.25. The van der Waals surface area contributed by atoms with Crippen LogP contribution in [0.25, 0.3) is 0 Å². The van der Waals surface area contributed by atoms with Gasteiger partial charge in [0.15, 0.2) is 6.10 Å². The van der Waals surface area contributed by atoms with Crippen molar-refractivity contribution in [3.8, 4) is 11.6 Å². The summed E-state index contributed by atoms with van der Waals surface area (Å²) in [5, 5.41) is 9.09. The van der Waals surface area contributed by atoms with E-state index in [1.807, 2.05) is 0 Å². The lowest BCUT2D eigenvalue weighted by Gasteiger charge is -2.19. The second-order valence-corrected chi connectivity index (χ2v) is 8.75. The molecule has 2 aliphatic heterocycles. The summed E-state index contributed by atoms with van der Waals surface area (Å²) in [4.78, 5) is 44.0. The summed E-state index contributed by atoms with van der Waals surface area (Å²) in [6.07, 6.45) is 3.84. The van der Waals surface area contributed by atoms with Gasteiger partial charge in [-0.2, -0.15) is 0 Å². The van der Waals surface area contributed by atoms with Gasteiger partial charge in [-0.3, -0.25) is 14.4 Å². The molecule has 0 radical (unpaired) electrons. The van der Waals surface area contributed by atoms with Crippen molar-refractivity contribution in [3.05, 3.63) is 47.7 Å². The van der Waals surface area contributed by atoms with E-state index in [9.17, 15) is 14.4 Å². The van der Waals surface area contributed by atoms with Gasteiger partial charge in [-0.05, 0) is 49.4 Å². The summed E-state index contributed by atoms with van der Waals surface area (Å²) in [5.74, 6) is 0.0951. The lowest BCUT2D eigenvalue weighted by Crippen LogP contribution is -2.32. The van der Waals surface area contributed by atoms with Crippen molar-refractivity contribution >= 4 is 23.5 Å². The van der Waals surface area contributed by atoms with E-state index in [0.717, 1.165) is 5.56 Å². The van der Waals surface area contributed by atoms with Crippen LogP contribution in [0.2, 0.25) is 0 Å². The van der Waals surface area contributed by atoms with Gasteiger partial charge >= 0.3 is 5.97 Å². The van der Waals surface area contributed by atoms with Gasteiger partial charge in [0.2, 0.25) is 5.88 Å². The van der Waals surface area contributed by atoms with Crippen LogP contribution in [-0.2, 0) is 9.59 Å². The Morgan fingerprint density at radius 1 is 1.18 bits per heavy atom. The summed E-state index contributed by atoms with van der Waals surface area (Å²) in [5.41, 5.74) is 1.80. The highest BCUT2D eigenvalue weighted by atomic mass is 16.5. The number of carbonyl (C=O) groups is 3. The zero-order valence-corrected chi connectivity index (χ0v) is 18.3. The first-order chi connectivity index (χ1) is 15.9. The monoisotopic (exact) mass is 451 g/mol. The Hall–Kier alpha value is -3.62. The lowest BCUT2D eigenvalue weighted by molar-refractivity contribution is -0.138. The van der Waals surface area contributed by atoms with Gasteiger partial charge in [-0.15, -0.1) is 0 Å². The molecule has 1 aromatic heterocycles. The Morgan fingerprint density at radius 2 is 2.00 bits per heavy atom. The highest BCUT2D eigenvalue weighted by Crippen LogP contribution is 2.36. The summed E-state index contributed by atoms with van der Waals surface area (Å²) in [6, 6.07) is 8.42. The van der Waals surface area contributed by atoms with E-state index in [1.165, 1.54) is 17.7 Å². The summed E-state index contributed by atoms with van der Waals surface area (Å²) in [7, 11) is 0. The van der Waals surface area contributed by atoms with E-state index in [0.29, 0.717) is 48.4 Å². The van der Waals surface area contributed by atoms with Crippen molar-refractivity contribution in [2.24, 2.45) is 5.92 Å². The second kappa shape index (κ2) is 8.38. The van der Waals surface area contributed by atoms with Gasteiger partial charge in [0.1, 0.15) is 12.3 Å². The van der Waals surface area contributed by atoms with E-state index in [2.05, 4.69) is 4.98 Å². The topological polar surface area (TPSA) is 109 Å². The summed E-state index contributed by atoms with van der Waals surface area (Å²) in [6.45, 7) is 2.58. The van der Waals surface area contributed by atoms with Crippen molar-refractivity contribution in [3.63, 3.8) is 0 Å². The highest BCUT2D eigenvalue weighted by molar-refractivity contribution is 6.04. The zero-order chi connectivity index (χ0) is 23.1. The van der Waals surface area contributed by atoms with Crippen LogP contribution in [0.3, 0.4) is 0 Å². The molecular weight excluding hydrogens is 426 g/mol. The number of carbonyl (C=O) groups excluding carboxylic acids is 2. The molecule has 3 aliphatic rings. The summed E-state index contributed by atoms with van der Waals surface area (Å²) < 4.78 is 11.5. The molecule has 1 N–H and O–H groups in total. The third kappa shape index (κ3) is 4.22. The minimum absolute atomic E-state index is 0.190. The molecule has 1 unspecified atom stereocenters. The van der Waals surface area contributed by atoms with Crippen LogP contribution in [0, 0.1) is 5.92 Å². The average Bonchev–Trinajstić information content (AvgIpc) is 3.53. The van der Waals surface area contributed by atoms with Crippen LogP contribution in [0.15, 0.2) is 36.5 Å². The van der Waals surface area contributed by atoms with Gasteiger partial charge in [0, 0.05) is 30.3 Å². The maximum atomic E-state index is 13.0. The van der Waals surface area contributed by atoms with E-state index >= 15 is 0 Å². The normalized spacial score (nSPS) is 22.0. The Kier molecular flexibility index (Phi) is 5.39. The highest BCUT2D eigenvalue weighted by Gasteiger charge is 2.38. The van der Waals surface area contributed by atoms with Crippen molar-refractivity contribution in [1.82, 2.24) is 9.88 Å². The molecule has 5 rings (SSSR count). The largest absolute Gasteiger partial charge is 0.480 e. The number of nitrogens with zero attached hydrogens (tertiary/aromatic N) is 3. The number of hydrogen-bond donors (Lipinski definition) is 1. The fourth-order valence-corrected chi connectivity index (χ4v) is 4.31. The minimum atomic E-state index is -1.06. The van der Waals surface area contributed by atoms with Crippen LogP contribution >= 0.6 is 0 Å². The fraction of sp³-hybridized carbons (Fsp3) is 0.417. The molecule has 9 heteroatoms. The van der Waals surface area contributed by atoms with Crippen LogP contribution in [0.5, 0.6) is 11.6 Å². The van der Waals surface area contributed by atoms with Gasteiger partial charge in [-0.25, -0.2) is 4.98 Å². The third-order valence-electron chi connectivity index (χ3n) is 6.37. The molecule has 9 nitrogen and oxygen atoms in total. The van der Waals surface area contributed by atoms with Gasteiger partial charge < -0.3 is 24.4 Å². The van der Waals surface area contributed by atoms with E-state index < -0.39 is 12.1 Å². The lowest BCUT2D eigenvalue weighted by atomic mass is 10.0. The standard InChI is InChI=1S/C24H25N3O6/c1-14-18-6-4-16(10-19(18)23(30)27(14)12-22(28)29)26-9-8-20(24(26)31)33-17-5-7-21(25-11-17)32-13-15-2-3-15/h4-7,10-11,14-15,20H,2-3,8-9,12-13H2,1H3,(H,28,29)/t14?,20-/m1/s1. The first-order valence-corrected chi connectivity index (χ1v) is 11.1. The predicted octanol–water partition coefficient (Wildman–Crippen LogP) is 2.66. The maximum absolute atomic E-state index is 13.0. The SMILES string of the molecule is CC1c2ccc(N3CC[C@@H](Oc4ccc(OCC5CC5)nc4)C3=O)cc2C(=O)N1CC(=O)O. The van der Waals surface area contributed by atoms with Crippen molar-refractivity contribution in [2.45, 2.75) is 38.3 Å². The number of aromatic nitrogens is 1. The molecule has 3 heterocycles. The van der Waals surface area contributed by atoms with Crippen molar-refractivity contribution in [2.75, 3.05) is 24.6 Å². The molecule has 0 spiro atoms. The van der Waals surface area contributed by atoms with Crippen LogP contribution in [0.1, 0.15) is 48.1 Å². The molecule has 2 amide bonds. The molecule has 1 saturated carbocycles. The molecule has 33 heavy (non-hydrogen) atoms. The molecular formula is C24H25N3O6. The average molecular weight is 451 g/mol. The number of hydrogen-bond acceptors (Lipinski definition) is 6. The van der Waals surface area contributed by atoms with Crippen molar-refractivity contribution in [1.29, 1.82) is 0 Å². The number of rotatable bonds is 8. The number of anilines is 1. The minimum Gasteiger partial charge on any atom is -0.480 e. The number of pyridine rings is 1. The molecule has 2 aromatic rings. The Labute approximate surface area is 190 Å². The summed E-state index contributed by atoms with van der Waals surface area (Å²) >= 11 is 0. The van der Waals surface area contributed by atoms with Gasteiger partial charge in [0.25, 0.3) is 11.8 Å². The van der Waals surface area contributed by atoms with Crippen LogP contribution in [-0.4, -0.2) is 58.6 Å². The fourth-order valence-electron chi connectivity index (χ4n) is 4.31. The second-order valence-electron chi connectivity index (χ2n) is 8.75. The maximum Gasteiger partial charge on any atom is 0.323 e. The van der Waals surface area contributed by atoms with E-state index in [-0.39, 0.29) is 24.4 Å². The molecule has 1 aromatic carbocycles. The van der Waals surface area contributed by atoms with Gasteiger partial charge in [-0.1, -0.05) is 6.07 Å². The van der Waals surface area contributed by atoms with Crippen LogP contribution < -0.4 is 14.4 Å². The molecule has 172 valence electrons. The first-order valence-electron chi connectivity index (χ1n) is 11.1. The smallest absolute Gasteiger partial charge is 0.323 e. The number of aliphatic carboxylic acids is 1. The van der Waals surface area contributed by atoms with Crippen LogP contribution in [0.4, 0.5) is 5.69 Å². The number of carboxylic acids is 1. The number of fused-ring (bicyclic) bond motifs is 1. The number of amides is 2. The third-order valence-corrected chi connectivity index (χ3v) is 6.37. The number of carboxylic acid groups (broad SMARTS) is 1. The molecule has 2 atom stereocenters. The zero-order valence-electron chi connectivity index (χ0n) is 18.3. The first kappa shape index (κ1) is 21.2. The molecule has 2 fully saturated rings. The van der Waals surface area contributed by atoms with E-state index in [1.54, 1.807) is 48.4 Å². The molecule has 1 aliphatic carbocycles. The Bertz CT molecular complexity index is 1100. The number of benzene rings is 1. The van der Waals surface area contributed by atoms with Gasteiger partial charge in [0.05, 0.1) is 18.8 Å². The van der Waals surface area contributed by atoms with E-state index in [4.69, 9.17) is 14.6 Å². The predicted molar refractivity (Wildman–Crippen MR) is 117 cm³/mol. The number of ether oxygens (including phenoxy) is 2. The quantitative estimate of drug-likeness (QED) is 0.657. The molecule has 0 bridgehead atoms. The van der Waals surface area contributed by atoms with Crippen molar-refractivity contribution < 1.29 is 29.0 Å². The molecule has 1 saturated heterocycles. The Morgan fingerprint density at radius 3 is 2.70 bits per heavy atom.